The number of benzene rings is 2. The van der Waals surface area contributed by atoms with Gasteiger partial charge in [-0.3, -0.25) is 9.98 Å². The highest BCUT2D eigenvalue weighted by Crippen LogP contribution is 2.35. The number of aliphatic imine (C=N–C) groups is 2. The average molecular weight is 312 g/mol. The second kappa shape index (κ2) is 4.17. The first-order chi connectivity index (χ1) is 11.8. The molecule has 0 radical (unpaired) electrons. The number of aromatic amines is 2. The van der Waals surface area contributed by atoms with Gasteiger partial charge in [-0.2, -0.15) is 0 Å². The van der Waals surface area contributed by atoms with E-state index in [9.17, 15) is 0 Å². The first kappa shape index (κ1) is 12.2. The summed E-state index contributed by atoms with van der Waals surface area (Å²) in [6, 6.07) is 8.38. The summed E-state index contributed by atoms with van der Waals surface area (Å²) in [4.78, 5) is 24.6. The summed E-state index contributed by atoms with van der Waals surface area (Å²) in [5.74, 6) is 0. The predicted molar refractivity (Wildman–Crippen MR) is 93.8 cm³/mol. The Morgan fingerprint density at radius 2 is 1.17 bits per heavy atom. The van der Waals surface area contributed by atoms with E-state index >= 15 is 0 Å². The van der Waals surface area contributed by atoms with Gasteiger partial charge in [-0.15, -0.1) is 0 Å². The fourth-order valence-electron chi connectivity index (χ4n) is 3.59. The van der Waals surface area contributed by atoms with Crippen LogP contribution >= 0.6 is 0 Å². The van der Waals surface area contributed by atoms with Crippen LogP contribution in [-0.4, -0.2) is 31.4 Å². The summed E-state index contributed by atoms with van der Waals surface area (Å²) in [7, 11) is 0. The van der Waals surface area contributed by atoms with Crippen molar-refractivity contribution in [2.45, 2.75) is 12.8 Å². The Morgan fingerprint density at radius 3 is 1.67 bits per heavy atom. The van der Waals surface area contributed by atoms with Crippen molar-refractivity contribution < 1.29 is 0 Å². The van der Waals surface area contributed by atoms with Gasteiger partial charge in [0.25, 0.3) is 0 Å². The maximum Gasteiger partial charge on any atom is 0.0931 e. The Morgan fingerprint density at radius 1 is 0.667 bits per heavy atom. The first-order valence-corrected chi connectivity index (χ1v) is 7.91. The molecule has 2 aromatic heterocycles. The molecule has 0 unspecified atom stereocenters. The number of imidazole rings is 2. The van der Waals surface area contributed by atoms with Gasteiger partial charge in [0.05, 0.1) is 57.5 Å². The molecule has 24 heavy (non-hydrogen) atoms. The molecule has 6 heteroatoms. The van der Waals surface area contributed by atoms with E-state index in [0.717, 1.165) is 57.7 Å². The number of aromatic nitrogens is 4. The lowest BCUT2D eigenvalue weighted by Gasteiger charge is -1.98. The minimum absolute atomic E-state index is 0.827. The molecule has 0 saturated heterocycles. The predicted octanol–water partition coefficient (Wildman–Crippen LogP) is 3.40. The third kappa shape index (κ3) is 1.59. The summed E-state index contributed by atoms with van der Waals surface area (Å²) in [5, 5.41) is 0. The summed E-state index contributed by atoms with van der Waals surface area (Å²) in [5.41, 5.74) is 10.6. The van der Waals surface area contributed by atoms with Crippen LogP contribution in [0.15, 0.2) is 46.9 Å². The van der Waals surface area contributed by atoms with Gasteiger partial charge in [0, 0.05) is 12.8 Å². The molecule has 2 aliphatic rings. The van der Waals surface area contributed by atoms with Crippen LogP contribution in [0.1, 0.15) is 11.1 Å². The van der Waals surface area contributed by atoms with E-state index in [2.05, 4.69) is 32.1 Å². The van der Waals surface area contributed by atoms with Gasteiger partial charge in [-0.25, -0.2) is 9.97 Å². The van der Waals surface area contributed by atoms with Crippen molar-refractivity contribution in [2.24, 2.45) is 9.98 Å². The van der Waals surface area contributed by atoms with E-state index in [1.165, 1.54) is 11.1 Å². The first-order valence-electron chi connectivity index (χ1n) is 7.91. The van der Waals surface area contributed by atoms with Crippen molar-refractivity contribution in [1.82, 2.24) is 19.9 Å². The molecule has 2 aromatic carbocycles. The standard InChI is InChI=1S/C18H12N6/c1-9-3-17(23-11(9)5-15-13(1)19-7-21-15)18-4-10-2-14-16(22-8-20-14)6-12(10)24-18/h1-2,5-8H,3-4H2,(H,19,21)(H,20,22). The molecule has 4 aromatic rings. The normalized spacial score (nSPS) is 15.7. The second-order valence-corrected chi connectivity index (χ2v) is 6.27. The smallest absolute Gasteiger partial charge is 0.0931 e. The van der Waals surface area contributed by atoms with Crippen LogP contribution in [-0.2, 0) is 12.8 Å². The Hall–Kier alpha value is -3.28. The molecule has 0 spiro atoms. The number of hydrogen-bond acceptors (Lipinski definition) is 4. The number of hydrogen-bond donors (Lipinski definition) is 2. The Bertz CT molecular complexity index is 1110. The number of rotatable bonds is 1. The van der Waals surface area contributed by atoms with Gasteiger partial charge in [0.15, 0.2) is 0 Å². The topological polar surface area (TPSA) is 82.1 Å². The van der Waals surface area contributed by atoms with Gasteiger partial charge in [-0.1, -0.05) is 0 Å². The van der Waals surface area contributed by atoms with Crippen LogP contribution in [0.5, 0.6) is 0 Å². The summed E-state index contributed by atoms with van der Waals surface area (Å²) >= 11 is 0. The number of nitrogens with one attached hydrogen (secondary N) is 2. The minimum Gasteiger partial charge on any atom is -0.345 e. The molecule has 0 aliphatic carbocycles. The molecule has 6 nitrogen and oxygen atoms in total. The van der Waals surface area contributed by atoms with Crippen LogP contribution in [0.25, 0.3) is 22.1 Å². The van der Waals surface area contributed by atoms with Crippen molar-refractivity contribution in [3.05, 3.63) is 48.0 Å². The monoisotopic (exact) mass is 312 g/mol. The lowest BCUT2D eigenvalue weighted by atomic mass is 10.0. The quantitative estimate of drug-likeness (QED) is 0.565. The summed E-state index contributed by atoms with van der Waals surface area (Å²) < 4.78 is 0. The van der Waals surface area contributed by atoms with Gasteiger partial charge in [0.2, 0.25) is 0 Å². The van der Waals surface area contributed by atoms with E-state index in [1.54, 1.807) is 12.7 Å². The number of H-pyrrole nitrogens is 2. The zero-order chi connectivity index (χ0) is 15.7. The molecule has 2 aliphatic heterocycles. The summed E-state index contributed by atoms with van der Waals surface area (Å²) in [6.07, 6.45) is 5.09. The number of fused-ring (bicyclic) bond motifs is 4. The van der Waals surface area contributed by atoms with Gasteiger partial charge >= 0.3 is 0 Å². The largest absolute Gasteiger partial charge is 0.345 e. The Kier molecular flexibility index (Phi) is 2.12. The molecule has 2 N–H and O–H groups in total. The van der Waals surface area contributed by atoms with Crippen molar-refractivity contribution in [3.63, 3.8) is 0 Å². The molecule has 0 amide bonds. The van der Waals surface area contributed by atoms with E-state index in [1.807, 2.05) is 12.1 Å². The molecular weight excluding hydrogens is 300 g/mol. The SMILES string of the molecule is c1nc2cc3c(cc2[nH]1)CC(C1=Nc2cc4nc[nH]c4cc2C1)=N3. The van der Waals surface area contributed by atoms with Crippen LogP contribution in [0.4, 0.5) is 11.4 Å². The Balaban J connectivity index is 1.41. The van der Waals surface area contributed by atoms with Crippen LogP contribution in [0, 0.1) is 0 Å². The zero-order valence-corrected chi connectivity index (χ0v) is 12.7. The van der Waals surface area contributed by atoms with Gasteiger partial charge < -0.3 is 9.97 Å². The van der Waals surface area contributed by atoms with Crippen LogP contribution in [0.3, 0.4) is 0 Å². The maximum atomic E-state index is 4.81. The maximum absolute atomic E-state index is 4.81. The highest BCUT2D eigenvalue weighted by atomic mass is 14.9. The van der Waals surface area contributed by atoms with Crippen molar-refractivity contribution in [2.75, 3.05) is 0 Å². The van der Waals surface area contributed by atoms with E-state index in [-0.39, 0.29) is 0 Å². The molecule has 0 fully saturated rings. The van der Waals surface area contributed by atoms with Crippen molar-refractivity contribution in [1.29, 1.82) is 0 Å². The third-order valence-electron chi connectivity index (χ3n) is 4.80. The molecule has 0 saturated carbocycles. The lowest BCUT2D eigenvalue weighted by Crippen LogP contribution is -2.13. The molecule has 6 rings (SSSR count). The Labute approximate surface area is 136 Å². The average Bonchev–Trinajstić information content (AvgIpc) is 3.33. The zero-order valence-electron chi connectivity index (χ0n) is 12.7. The van der Waals surface area contributed by atoms with Crippen LogP contribution in [0.2, 0.25) is 0 Å². The molecule has 4 heterocycles. The van der Waals surface area contributed by atoms with E-state index in [0.29, 0.717) is 0 Å². The lowest BCUT2D eigenvalue weighted by molar-refractivity contribution is 1.34. The van der Waals surface area contributed by atoms with E-state index < -0.39 is 0 Å². The van der Waals surface area contributed by atoms with Gasteiger partial charge in [0.1, 0.15) is 0 Å². The molecule has 0 atom stereocenters. The van der Waals surface area contributed by atoms with Crippen LogP contribution < -0.4 is 0 Å². The second-order valence-electron chi connectivity index (χ2n) is 6.27. The molecule has 0 bridgehead atoms. The van der Waals surface area contributed by atoms with Gasteiger partial charge in [-0.05, 0) is 35.4 Å². The number of nitrogens with zero attached hydrogens (tertiary/aromatic N) is 4. The van der Waals surface area contributed by atoms with Crippen molar-refractivity contribution in [3.8, 4) is 0 Å². The molecule has 114 valence electrons. The molecular formula is C18H12N6. The third-order valence-corrected chi connectivity index (χ3v) is 4.80. The van der Waals surface area contributed by atoms with Crippen molar-refractivity contribution >= 4 is 44.9 Å². The minimum atomic E-state index is 0.827. The highest BCUT2D eigenvalue weighted by Gasteiger charge is 2.25. The fourth-order valence-corrected chi connectivity index (χ4v) is 3.59. The summed E-state index contributed by atoms with van der Waals surface area (Å²) in [6.45, 7) is 0. The highest BCUT2D eigenvalue weighted by molar-refractivity contribution is 6.46. The van der Waals surface area contributed by atoms with E-state index in [4.69, 9.17) is 9.98 Å². The fraction of sp³-hybridized carbons (Fsp3) is 0.111.